The number of hydrogen-bond donors (Lipinski definition) is 1. The van der Waals surface area contributed by atoms with Gasteiger partial charge in [-0.25, -0.2) is 4.68 Å². The van der Waals surface area contributed by atoms with Gasteiger partial charge in [-0.15, -0.1) is 0 Å². The number of rotatable bonds is 5. The smallest absolute Gasteiger partial charge is 0.291 e. The van der Waals surface area contributed by atoms with Gasteiger partial charge in [0.15, 0.2) is 0 Å². The molecule has 0 radical (unpaired) electrons. The summed E-state index contributed by atoms with van der Waals surface area (Å²) in [5, 5.41) is 8.72. The van der Waals surface area contributed by atoms with Crippen molar-refractivity contribution in [3.8, 4) is 0 Å². The van der Waals surface area contributed by atoms with E-state index in [0.29, 0.717) is 12.1 Å². The van der Waals surface area contributed by atoms with Crippen molar-refractivity contribution < 1.29 is 4.79 Å². The van der Waals surface area contributed by atoms with Gasteiger partial charge < -0.3 is 9.88 Å². The lowest BCUT2D eigenvalue weighted by Gasteiger charge is -2.08. The summed E-state index contributed by atoms with van der Waals surface area (Å²) >= 11 is 0. The SMILES string of the molecule is CCCCNC(=O)Cn1c2ccccc2c2cnn(C)c(=O)c21. The summed E-state index contributed by atoms with van der Waals surface area (Å²) in [6, 6.07) is 7.70. The summed E-state index contributed by atoms with van der Waals surface area (Å²) in [5.74, 6) is -0.0834. The first kappa shape index (κ1) is 15.3. The summed E-state index contributed by atoms with van der Waals surface area (Å²) in [5.41, 5.74) is 1.20. The van der Waals surface area contributed by atoms with Gasteiger partial charge in [-0.1, -0.05) is 31.5 Å². The van der Waals surface area contributed by atoms with Gasteiger partial charge >= 0.3 is 0 Å². The molecule has 1 aromatic carbocycles. The van der Waals surface area contributed by atoms with Crippen LogP contribution in [-0.4, -0.2) is 26.8 Å². The molecule has 23 heavy (non-hydrogen) atoms. The van der Waals surface area contributed by atoms with Gasteiger partial charge in [0.25, 0.3) is 5.56 Å². The molecule has 0 aliphatic carbocycles. The van der Waals surface area contributed by atoms with E-state index < -0.39 is 0 Å². The summed E-state index contributed by atoms with van der Waals surface area (Å²) in [6.07, 6.45) is 3.66. The highest BCUT2D eigenvalue weighted by Crippen LogP contribution is 2.25. The predicted molar refractivity (Wildman–Crippen MR) is 90.4 cm³/mol. The van der Waals surface area contributed by atoms with Crippen LogP contribution in [0.3, 0.4) is 0 Å². The van der Waals surface area contributed by atoms with Crippen molar-refractivity contribution in [3.63, 3.8) is 0 Å². The minimum absolute atomic E-state index is 0.0834. The summed E-state index contributed by atoms with van der Waals surface area (Å²) in [6.45, 7) is 2.87. The van der Waals surface area contributed by atoms with E-state index in [-0.39, 0.29) is 18.0 Å². The van der Waals surface area contributed by atoms with Crippen LogP contribution in [0, 0.1) is 0 Å². The average molecular weight is 312 g/mol. The molecule has 3 aromatic rings. The van der Waals surface area contributed by atoms with Gasteiger partial charge in [0.05, 0.1) is 6.20 Å². The molecule has 0 spiro atoms. The highest BCUT2D eigenvalue weighted by atomic mass is 16.2. The van der Waals surface area contributed by atoms with Gasteiger partial charge in [0.2, 0.25) is 5.91 Å². The Morgan fingerprint density at radius 2 is 2.04 bits per heavy atom. The minimum Gasteiger partial charge on any atom is -0.355 e. The van der Waals surface area contributed by atoms with E-state index >= 15 is 0 Å². The second kappa shape index (κ2) is 6.24. The van der Waals surface area contributed by atoms with Crippen molar-refractivity contribution in [3.05, 3.63) is 40.8 Å². The van der Waals surface area contributed by atoms with Crippen molar-refractivity contribution in [1.82, 2.24) is 19.7 Å². The van der Waals surface area contributed by atoms with Crippen molar-refractivity contribution >= 4 is 27.7 Å². The monoisotopic (exact) mass is 312 g/mol. The molecular formula is C17H20N4O2. The molecule has 0 saturated heterocycles. The minimum atomic E-state index is -0.194. The van der Waals surface area contributed by atoms with Crippen LogP contribution in [0.4, 0.5) is 0 Å². The number of hydrogen-bond acceptors (Lipinski definition) is 3. The summed E-state index contributed by atoms with van der Waals surface area (Å²) < 4.78 is 3.09. The Kier molecular flexibility index (Phi) is 4.14. The number of unbranched alkanes of at least 4 members (excludes halogenated alkanes) is 1. The first-order valence-electron chi connectivity index (χ1n) is 7.83. The number of aromatic nitrogens is 3. The van der Waals surface area contributed by atoms with Gasteiger partial charge in [-0.2, -0.15) is 5.10 Å². The number of fused-ring (bicyclic) bond motifs is 3. The van der Waals surface area contributed by atoms with Crippen molar-refractivity contribution in [2.75, 3.05) is 6.54 Å². The Morgan fingerprint density at radius 1 is 1.26 bits per heavy atom. The molecule has 0 saturated carbocycles. The second-order valence-electron chi connectivity index (χ2n) is 5.64. The normalized spacial score (nSPS) is 11.2. The molecule has 0 bridgehead atoms. The van der Waals surface area contributed by atoms with Crippen LogP contribution in [0.5, 0.6) is 0 Å². The molecule has 6 nitrogen and oxygen atoms in total. The maximum absolute atomic E-state index is 12.5. The zero-order valence-corrected chi connectivity index (χ0v) is 13.4. The number of para-hydroxylation sites is 1. The number of carbonyl (C=O) groups excluding carboxylic acids is 1. The number of benzene rings is 1. The Morgan fingerprint density at radius 3 is 2.83 bits per heavy atom. The fraction of sp³-hybridized carbons (Fsp3) is 0.353. The molecular weight excluding hydrogens is 292 g/mol. The van der Waals surface area contributed by atoms with E-state index in [0.717, 1.165) is 29.1 Å². The van der Waals surface area contributed by atoms with Gasteiger partial charge in [-0.3, -0.25) is 9.59 Å². The van der Waals surface area contributed by atoms with Crippen LogP contribution in [-0.2, 0) is 18.4 Å². The molecule has 3 rings (SSSR count). The highest BCUT2D eigenvalue weighted by molar-refractivity contribution is 6.07. The van der Waals surface area contributed by atoms with E-state index in [2.05, 4.69) is 17.3 Å². The lowest BCUT2D eigenvalue weighted by atomic mass is 10.2. The lowest BCUT2D eigenvalue weighted by Crippen LogP contribution is -2.29. The van der Waals surface area contributed by atoms with Crippen molar-refractivity contribution in [2.24, 2.45) is 7.05 Å². The lowest BCUT2D eigenvalue weighted by molar-refractivity contribution is -0.121. The molecule has 120 valence electrons. The van der Waals surface area contributed by atoms with Crippen LogP contribution in [0.15, 0.2) is 35.3 Å². The number of nitrogens with zero attached hydrogens (tertiary/aromatic N) is 3. The first-order valence-corrected chi connectivity index (χ1v) is 7.83. The van der Waals surface area contributed by atoms with Gasteiger partial charge in [-0.05, 0) is 12.5 Å². The van der Waals surface area contributed by atoms with E-state index in [1.807, 2.05) is 24.3 Å². The molecule has 1 N–H and O–H groups in total. The number of amides is 1. The standard InChI is InChI=1S/C17H20N4O2/c1-3-4-9-18-15(22)11-21-14-8-6-5-7-12(14)13-10-19-20(2)17(23)16(13)21/h5-8,10H,3-4,9,11H2,1-2H3,(H,18,22). The zero-order chi connectivity index (χ0) is 16.4. The van der Waals surface area contributed by atoms with Crippen LogP contribution >= 0.6 is 0 Å². The van der Waals surface area contributed by atoms with E-state index in [4.69, 9.17) is 0 Å². The maximum Gasteiger partial charge on any atom is 0.291 e. The van der Waals surface area contributed by atoms with Crippen LogP contribution in [0.1, 0.15) is 19.8 Å². The fourth-order valence-electron chi connectivity index (χ4n) is 2.81. The largest absolute Gasteiger partial charge is 0.355 e. The van der Waals surface area contributed by atoms with E-state index in [1.54, 1.807) is 17.8 Å². The van der Waals surface area contributed by atoms with Crippen LogP contribution in [0.2, 0.25) is 0 Å². The molecule has 2 aromatic heterocycles. The molecule has 0 atom stereocenters. The maximum atomic E-state index is 12.5. The number of nitrogens with one attached hydrogen (secondary N) is 1. The number of aryl methyl sites for hydroxylation is 1. The van der Waals surface area contributed by atoms with Crippen molar-refractivity contribution in [2.45, 2.75) is 26.3 Å². The Labute approximate surface area is 133 Å². The highest BCUT2D eigenvalue weighted by Gasteiger charge is 2.16. The van der Waals surface area contributed by atoms with E-state index in [1.165, 1.54) is 4.68 Å². The Hall–Kier alpha value is -2.63. The summed E-state index contributed by atoms with van der Waals surface area (Å²) in [4.78, 5) is 24.7. The zero-order valence-electron chi connectivity index (χ0n) is 13.4. The topological polar surface area (TPSA) is 68.9 Å². The third kappa shape index (κ3) is 2.72. The molecule has 0 aliphatic rings. The Balaban J connectivity index is 2.11. The first-order chi connectivity index (χ1) is 11.1. The molecule has 1 amide bonds. The third-order valence-corrected chi connectivity index (χ3v) is 4.02. The number of carbonyl (C=O) groups is 1. The molecule has 0 unspecified atom stereocenters. The molecule has 2 heterocycles. The van der Waals surface area contributed by atoms with Crippen LogP contribution in [0.25, 0.3) is 21.8 Å². The molecule has 6 heteroatoms. The third-order valence-electron chi connectivity index (χ3n) is 4.02. The quantitative estimate of drug-likeness (QED) is 0.731. The fourth-order valence-corrected chi connectivity index (χ4v) is 2.81. The molecule has 0 fully saturated rings. The van der Waals surface area contributed by atoms with Crippen molar-refractivity contribution in [1.29, 1.82) is 0 Å². The van der Waals surface area contributed by atoms with Gasteiger partial charge in [0, 0.05) is 29.9 Å². The second-order valence-corrected chi connectivity index (χ2v) is 5.64. The average Bonchev–Trinajstić information content (AvgIpc) is 2.86. The predicted octanol–water partition coefficient (Wildman–Crippen LogP) is 1.80. The van der Waals surface area contributed by atoms with Gasteiger partial charge in [0.1, 0.15) is 12.1 Å². The Bertz CT molecular complexity index is 923. The van der Waals surface area contributed by atoms with E-state index in [9.17, 15) is 9.59 Å². The molecule has 0 aliphatic heterocycles. The van der Waals surface area contributed by atoms with Crippen LogP contribution < -0.4 is 10.9 Å². The summed E-state index contributed by atoms with van der Waals surface area (Å²) in [7, 11) is 1.62.